The van der Waals surface area contributed by atoms with Gasteiger partial charge >= 0.3 is 0 Å². The fourth-order valence-corrected chi connectivity index (χ4v) is 6.00. The third-order valence-electron chi connectivity index (χ3n) is 7.09. The summed E-state index contributed by atoms with van der Waals surface area (Å²) >= 11 is 0. The summed E-state index contributed by atoms with van der Waals surface area (Å²) < 4.78 is 47.8. The maximum absolute atomic E-state index is 14.1. The molecular weight excluding hydrogens is 591 g/mol. The fraction of sp³-hybridized carbons (Fsp3) is 0.355. The highest BCUT2D eigenvalue weighted by molar-refractivity contribution is 7.92. The summed E-state index contributed by atoms with van der Waals surface area (Å²) in [6.45, 7) is 4.79. The van der Waals surface area contributed by atoms with Crippen LogP contribution in [0.3, 0.4) is 0 Å². The van der Waals surface area contributed by atoms with Gasteiger partial charge in [0.25, 0.3) is 15.7 Å². The van der Waals surface area contributed by atoms with Crippen LogP contribution in [0, 0.1) is 22.9 Å². The van der Waals surface area contributed by atoms with Crippen LogP contribution in [0.2, 0.25) is 0 Å². The number of nitrogens with zero attached hydrogens (tertiary/aromatic N) is 3. The summed E-state index contributed by atoms with van der Waals surface area (Å²) in [4.78, 5) is 39.2. The monoisotopic (exact) mass is 628 g/mol. The molecule has 1 N–H and O–H groups in total. The summed E-state index contributed by atoms with van der Waals surface area (Å²) in [6.07, 6.45) is 1.81. The summed E-state index contributed by atoms with van der Waals surface area (Å²) in [5.74, 6) is -1.13. The van der Waals surface area contributed by atoms with Crippen molar-refractivity contribution in [2.45, 2.75) is 57.5 Å². The van der Waals surface area contributed by atoms with Crippen molar-refractivity contribution in [1.82, 2.24) is 10.2 Å². The predicted molar refractivity (Wildman–Crippen MR) is 164 cm³/mol. The summed E-state index contributed by atoms with van der Waals surface area (Å²) in [5.41, 5.74) is 0.517. The van der Waals surface area contributed by atoms with Crippen LogP contribution in [0.25, 0.3) is 0 Å². The molecule has 1 atom stereocenters. The van der Waals surface area contributed by atoms with E-state index >= 15 is 0 Å². The van der Waals surface area contributed by atoms with Crippen molar-refractivity contribution < 1.29 is 32.1 Å². The van der Waals surface area contributed by atoms with E-state index in [4.69, 9.17) is 4.74 Å². The van der Waals surface area contributed by atoms with Gasteiger partial charge in [-0.05, 0) is 67.8 Å². The van der Waals surface area contributed by atoms with Crippen molar-refractivity contribution in [2.75, 3.05) is 24.5 Å². The molecule has 13 heteroatoms. The van der Waals surface area contributed by atoms with Gasteiger partial charge in [0.1, 0.15) is 24.2 Å². The van der Waals surface area contributed by atoms with Crippen molar-refractivity contribution in [3.63, 3.8) is 0 Å². The number of unbranched alkanes of at least 4 members (excludes halogenated alkanes) is 1. The van der Waals surface area contributed by atoms with Crippen LogP contribution in [0.4, 0.5) is 15.8 Å². The molecule has 0 saturated carbocycles. The molecule has 0 radical (unpaired) electrons. The molecular formula is C31H37FN4O7S. The number of rotatable bonds is 15. The first kappa shape index (κ1) is 34.0. The Morgan fingerprint density at radius 2 is 1.70 bits per heavy atom. The number of nitrogens with one attached hydrogen (secondary N) is 1. The van der Waals surface area contributed by atoms with E-state index in [-0.39, 0.29) is 34.8 Å². The third-order valence-corrected chi connectivity index (χ3v) is 8.86. The maximum Gasteiger partial charge on any atom is 0.273 e. The van der Waals surface area contributed by atoms with Gasteiger partial charge in [0.15, 0.2) is 0 Å². The molecule has 0 aliphatic rings. The highest BCUT2D eigenvalue weighted by atomic mass is 32.2. The number of halogens is 1. The Balaban J connectivity index is 2.09. The molecule has 0 fully saturated rings. The Bertz CT molecular complexity index is 1560. The molecule has 3 rings (SSSR count). The Kier molecular flexibility index (Phi) is 11.8. The second-order valence-corrected chi connectivity index (χ2v) is 12.0. The van der Waals surface area contributed by atoms with E-state index in [1.165, 1.54) is 79.6 Å². The Labute approximate surface area is 256 Å². The van der Waals surface area contributed by atoms with Gasteiger partial charge in [0.05, 0.1) is 22.6 Å². The zero-order valence-corrected chi connectivity index (χ0v) is 26.0. The number of aryl methyl sites for hydroxylation is 1. The van der Waals surface area contributed by atoms with Gasteiger partial charge in [-0.2, -0.15) is 0 Å². The van der Waals surface area contributed by atoms with Crippen molar-refractivity contribution in [2.24, 2.45) is 0 Å². The number of nitro groups is 1. The zero-order chi connectivity index (χ0) is 32.4. The Hall–Kier alpha value is -4.52. The van der Waals surface area contributed by atoms with Gasteiger partial charge in [0.2, 0.25) is 11.8 Å². The van der Waals surface area contributed by atoms with E-state index in [1.54, 1.807) is 6.92 Å². The highest BCUT2D eigenvalue weighted by Crippen LogP contribution is 2.29. The van der Waals surface area contributed by atoms with Gasteiger partial charge in [-0.3, -0.25) is 24.0 Å². The van der Waals surface area contributed by atoms with Crippen LogP contribution >= 0.6 is 0 Å². The van der Waals surface area contributed by atoms with Crippen LogP contribution in [-0.2, 0) is 26.2 Å². The van der Waals surface area contributed by atoms with Gasteiger partial charge in [-0.1, -0.05) is 38.5 Å². The maximum atomic E-state index is 14.1. The number of hydrogen-bond acceptors (Lipinski definition) is 7. The fourth-order valence-electron chi connectivity index (χ4n) is 4.56. The number of hydrogen-bond donors (Lipinski definition) is 1. The van der Waals surface area contributed by atoms with Gasteiger partial charge in [-0.15, -0.1) is 0 Å². The van der Waals surface area contributed by atoms with E-state index in [1.807, 2.05) is 6.92 Å². The molecule has 0 aliphatic heterocycles. The second-order valence-electron chi connectivity index (χ2n) is 10.1. The predicted octanol–water partition coefficient (Wildman–Crippen LogP) is 4.97. The number of methoxy groups -OCH3 is 1. The molecule has 3 aromatic carbocycles. The number of amides is 2. The molecule has 3 aromatic rings. The molecule has 44 heavy (non-hydrogen) atoms. The molecule has 0 aliphatic carbocycles. The zero-order valence-electron chi connectivity index (χ0n) is 25.2. The SMILES string of the molecule is CCCCNC(=O)[C@@H](CC)N(Cc1ccc(F)cc1)C(=O)CN(c1ccc(OC)cc1)S(=O)(=O)c1ccc(C)c([N+](=O)[O-])c1. The molecule has 0 spiro atoms. The lowest BCUT2D eigenvalue weighted by atomic mass is 10.1. The lowest BCUT2D eigenvalue weighted by molar-refractivity contribution is -0.385. The van der Waals surface area contributed by atoms with Crippen molar-refractivity contribution >= 4 is 33.2 Å². The summed E-state index contributed by atoms with van der Waals surface area (Å²) in [6, 6.07) is 14.0. The summed E-state index contributed by atoms with van der Waals surface area (Å²) in [7, 11) is -3.09. The minimum atomic E-state index is -4.53. The Morgan fingerprint density at radius 1 is 1.05 bits per heavy atom. The lowest BCUT2D eigenvalue weighted by Gasteiger charge is -2.33. The van der Waals surface area contributed by atoms with Crippen molar-refractivity contribution in [1.29, 1.82) is 0 Å². The number of benzene rings is 3. The molecule has 2 amide bonds. The van der Waals surface area contributed by atoms with Crippen molar-refractivity contribution in [3.8, 4) is 5.75 Å². The van der Waals surface area contributed by atoms with Gasteiger partial charge in [0, 0.05) is 24.7 Å². The van der Waals surface area contributed by atoms with Gasteiger partial charge in [-0.25, -0.2) is 12.8 Å². The largest absolute Gasteiger partial charge is 0.497 e. The first-order valence-corrected chi connectivity index (χ1v) is 15.6. The second kappa shape index (κ2) is 15.3. The lowest BCUT2D eigenvalue weighted by Crippen LogP contribution is -2.52. The van der Waals surface area contributed by atoms with E-state index < -0.39 is 45.2 Å². The van der Waals surface area contributed by atoms with Crippen LogP contribution in [-0.4, -0.2) is 56.3 Å². The smallest absolute Gasteiger partial charge is 0.273 e. The average Bonchev–Trinajstić information content (AvgIpc) is 3.00. The van der Waals surface area contributed by atoms with Crippen LogP contribution in [0.1, 0.15) is 44.2 Å². The number of carbonyl (C=O) groups excluding carboxylic acids is 2. The van der Waals surface area contributed by atoms with E-state index in [0.717, 1.165) is 23.2 Å². The molecule has 236 valence electrons. The van der Waals surface area contributed by atoms with Crippen LogP contribution < -0.4 is 14.4 Å². The molecule has 0 bridgehead atoms. The molecule has 11 nitrogen and oxygen atoms in total. The minimum absolute atomic E-state index is 0.0919. The third kappa shape index (κ3) is 8.31. The Morgan fingerprint density at radius 3 is 2.27 bits per heavy atom. The quantitative estimate of drug-likeness (QED) is 0.142. The number of anilines is 1. The average molecular weight is 629 g/mol. The van der Waals surface area contributed by atoms with Crippen molar-refractivity contribution in [3.05, 3.63) is 93.8 Å². The first-order valence-electron chi connectivity index (χ1n) is 14.2. The molecule has 0 saturated heterocycles. The summed E-state index contributed by atoms with van der Waals surface area (Å²) in [5, 5.41) is 14.4. The normalized spacial score (nSPS) is 11.8. The van der Waals surface area contributed by atoms with Crippen LogP contribution in [0.15, 0.2) is 71.6 Å². The van der Waals surface area contributed by atoms with E-state index in [9.17, 15) is 32.5 Å². The van der Waals surface area contributed by atoms with E-state index in [2.05, 4.69) is 5.32 Å². The van der Waals surface area contributed by atoms with Crippen LogP contribution in [0.5, 0.6) is 5.75 Å². The molecule has 0 unspecified atom stereocenters. The van der Waals surface area contributed by atoms with E-state index in [0.29, 0.717) is 17.9 Å². The topological polar surface area (TPSA) is 139 Å². The standard InChI is InChI=1S/C31H37FN4O7S/c1-5-7-18-33-31(38)28(6-2)34(20-23-9-11-24(32)12-10-23)30(37)21-35(25-13-15-26(43-4)16-14-25)44(41,42)27-17-8-22(3)29(19-27)36(39)40/h8-17,19,28H,5-7,18,20-21H2,1-4H3,(H,33,38)/t28-/m1/s1. The minimum Gasteiger partial charge on any atom is -0.497 e. The number of ether oxygens (including phenoxy) is 1. The van der Waals surface area contributed by atoms with Gasteiger partial charge < -0.3 is 15.0 Å². The molecule has 0 aromatic heterocycles. The number of nitro benzene ring substituents is 1. The number of carbonyl (C=O) groups is 2. The first-order chi connectivity index (χ1) is 20.9. The number of sulfonamides is 1. The highest BCUT2D eigenvalue weighted by Gasteiger charge is 2.34. The molecule has 0 heterocycles.